The topological polar surface area (TPSA) is 72.7 Å². The van der Waals surface area contributed by atoms with Gasteiger partial charge in [0.2, 0.25) is 5.91 Å². The highest BCUT2D eigenvalue weighted by atomic mass is 19.3. The molecule has 0 bridgehead atoms. The van der Waals surface area contributed by atoms with Gasteiger partial charge in [-0.15, -0.1) is 0 Å². The van der Waals surface area contributed by atoms with Crippen molar-refractivity contribution >= 4 is 5.91 Å². The van der Waals surface area contributed by atoms with Crippen molar-refractivity contribution in [2.75, 3.05) is 13.7 Å². The summed E-state index contributed by atoms with van der Waals surface area (Å²) in [6.45, 7) is -2.67. The molecule has 30 heavy (non-hydrogen) atoms. The number of alkyl halides is 2. The standard InChI is InChI=1S/C22H22F2N2O4/c1-28-19-12-15(9-10-17(19)30-22(23)24)13-25-20(27)14-26-21(18-8-5-11-29-18)16-6-3-2-4-7-16/h2-12,21-22,26H,13-14H2,1H3,(H,25,27)/t21-/m0/s1. The number of furan rings is 1. The fraction of sp³-hybridized carbons (Fsp3) is 0.227. The van der Waals surface area contributed by atoms with Crippen LogP contribution < -0.4 is 20.1 Å². The Balaban J connectivity index is 1.57. The molecule has 0 aliphatic heterocycles. The van der Waals surface area contributed by atoms with Crippen LogP contribution in [0.3, 0.4) is 0 Å². The smallest absolute Gasteiger partial charge is 0.387 e. The van der Waals surface area contributed by atoms with Crippen molar-refractivity contribution in [2.45, 2.75) is 19.2 Å². The van der Waals surface area contributed by atoms with E-state index in [-0.39, 0.29) is 36.5 Å². The largest absolute Gasteiger partial charge is 0.493 e. The lowest BCUT2D eigenvalue weighted by molar-refractivity contribution is -0.120. The van der Waals surface area contributed by atoms with Crippen LogP contribution in [0.1, 0.15) is 22.9 Å². The minimum absolute atomic E-state index is 0.0595. The number of rotatable bonds is 10. The van der Waals surface area contributed by atoms with Crippen LogP contribution in [0, 0.1) is 0 Å². The molecule has 0 radical (unpaired) electrons. The summed E-state index contributed by atoms with van der Waals surface area (Å²) in [6, 6.07) is 17.5. The van der Waals surface area contributed by atoms with Gasteiger partial charge in [0.15, 0.2) is 11.5 Å². The molecule has 0 saturated heterocycles. The zero-order valence-corrected chi connectivity index (χ0v) is 16.3. The lowest BCUT2D eigenvalue weighted by Crippen LogP contribution is -2.35. The first-order chi connectivity index (χ1) is 14.6. The SMILES string of the molecule is COc1cc(CNC(=O)CN[C@@H](c2ccccc2)c2ccco2)ccc1OC(F)F. The molecule has 0 unspecified atom stereocenters. The Bertz CT molecular complexity index is 934. The third-order valence-electron chi connectivity index (χ3n) is 4.36. The van der Waals surface area contributed by atoms with Crippen molar-refractivity contribution in [3.05, 3.63) is 83.8 Å². The van der Waals surface area contributed by atoms with Gasteiger partial charge in [-0.2, -0.15) is 8.78 Å². The molecule has 1 atom stereocenters. The van der Waals surface area contributed by atoms with Gasteiger partial charge in [-0.25, -0.2) is 0 Å². The van der Waals surface area contributed by atoms with Gasteiger partial charge >= 0.3 is 6.61 Å². The highest BCUT2D eigenvalue weighted by Gasteiger charge is 2.17. The molecule has 0 aliphatic rings. The predicted molar refractivity (Wildman–Crippen MR) is 106 cm³/mol. The van der Waals surface area contributed by atoms with E-state index < -0.39 is 6.61 Å². The van der Waals surface area contributed by atoms with Gasteiger partial charge in [-0.05, 0) is 35.4 Å². The van der Waals surface area contributed by atoms with Crippen LogP contribution in [0.25, 0.3) is 0 Å². The average molecular weight is 416 g/mol. The zero-order chi connectivity index (χ0) is 21.3. The molecule has 3 rings (SSSR count). The van der Waals surface area contributed by atoms with E-state index in [9.17, 15) is 13.6 Å². The molecule has 0 fully saturated rings. The zero-order valence-electron chi connectivity index (χ0n) is 16.3. The van der Waals surface area contributed by atoms with E-state index in [1.165, 1.54) is 13.2 Å². The van der Waals surface area contributed by atoms with Crippen LogP contribution >= 0.6 is 0 Å². The summed E-state index contributed by atoms with van der Waals surface area (Å²) >= 11 is 0. The van der Waals surface area contributed by atoms with Crippen molar-refractivity contribution in [2.24, 2.45) is 0 Å². The van der Waals surface area contributed by atoms with Crippen molar-refractivity contribution in [1.82, 2.24) is 10.6 Å². The summed E-state index contributed by atoms with van der Waals surface area (Å²) in [4.78, 5) is 12.3. The normalized spacial score (nSPS) is 11.9. The highest BCUT2D eigenvalue weighted by molar-refractivity contribution is 5.78. The summed E-state index contributed by atoms with van der Waals surface area (Å²) in [6.07, 6.45) is 1.59. The van der Waals surface area contributed by atoms with Crippen molar-refractivity contribution in [1.29, 1.82) is 0 Å². The maximum atomic E-state index is 12.4. The number of benzene rings is 2. The molecule has 0 aliphatic carbocycles. The molecule has 1 amide bonds. The third kappa shape index (κ3) is 5.81. The van der Waals surface area contributed by atoms with Crippen LogP contribution in [0.4, 0.5) is 8.78 Å². The second kappa shape index (κ2) is 10.4. The van der Waals surface area contributed by atoms with Gasteiger partial charge in [0.1, 0.15) is 5.76 Å². The molecule has 1 heterocycles. The van der Waals surface area contributed by atoms with Gasteiger partial charge in [0.25, 0.3) is 0 Å². The number of hydrogen-bond acceptors (Lipinski definition) is 5. The summed E-state index contributed by atoms with van der Waals surface area (Å²) in [7, 11) is 1.36. The van der Waals surface area contributed by atoms with Crippen LogP contribution in [0.2, 0.25) is 0 Å². The second-order valence-electron chi connectivity index (χ2n) is 6.38. The first kappa shape index (κ1) is 21.3. The molecular weight excluding hydrogens is 394 g/mol. The maximum Gasteiger partial charge on any atom is 0.387 e. The number of carbonyl (C=O) groups excluding carboxylic acids is 1. The van der Waals surface area contributed by atoms with Crippen LogP contribution in [-0.2, 0) is 11.3 Å². The van der Waals surface area contributed by atoms with Crippen molar-refractivity contribution in [3.63, 3.8) is 0 Å². The molecular formula is C22H22F2N2O4. The molecule has 6 nitrogen and oxygen atoms in total. The Morgan fingerprint density at radius 1 is 1.07 bits per heavy atom. The number of halogens is 2. The van der Waals surface area contributed by atoms with E-state index in [1.807, 2.05) is 36.4 Å². The monoisotopic (exact) mass is 416 g/mol. The van der Waals surface area contributed by atoms with E-state index in [0.717, 1.165) is 5.56 Å². The van der Waals surface area contributed by atoms with Gasteiger partial charge < -0.3 is 19.2 Å². The fourth-order valence-electron chi connectivity index (χ4n) is 2.96. The number of hydrogen-bond donors (Lipinski definition) is 2. The van der Waals surface area contributed by atoms with Crippen LogP contribution in [0.15, 0.2) is 71.3 Å². The van der Waals surface area contributed by atoms with E-state index in [0.29, 0.717) is 11.3 Å². The minimum Gasteiger partial charge on any atom is -0.493 e. The molecule has 0 saturated carbocycles. The molecule has 2 N–H and O–H groups in total. The fourth-order valence-corrected chi connectivity index (χ4v) is 2.96. The molecule has 1 aromatic heterocycles. The predicted octanol–water partition coefficient (Wildman–Crippen LogP) is 3.89. The Morgan fingerprint density at radius 2 is 1.87 bits per heavy atom. The third-order valence-corrected chi connectivity index (χ3v) is 4.36. The van der Waals surface area contributed by atoms with Gasteiger partial charge in [-0.3, -0.25) is 10.1 Å². The Kier molecular flexibility index (Phi) is 7.40. The van der Waals surface area contributed by atoms with Crippen LogP contribution in [0.5, 0.6) is 11.5 Å². The van der Waals surface area contributed by atoms with E-state index in [1.54, 1.807) is 24.5 Å². The average Bonchev–Trinajstić information content (AvgIpc) is 3.28. The quantitative estimate of drug-likeness (QED) is 0.525. The number of nitrogens with one attached hydrogen (secondary N) is 2. The van der Waals surface area contributed by atoms with E-state index in [2.05, 4.69) is 15.4 Å². The van der Waals surface area contributed by atoms with Gasteiger partial charge in [0, 0.05) is 6.54 Å². The Hall–Kier alpha value is -3.39. The lowest BCUT2D eigenvalue weighted by Gasteiger charge is -2.17. The first-order valence-corrected chi connectivity index (χ1v) is 9.27. The second-order valence-corrected chi connectivity index (χ2v) is 6.38. The summed E-state index contributed by atoms with van der Waals surface area (Å²) in [5.41, 5.74) is 1.66. The summed E-state index contributed by atoms with van der Waals surface area (Å²) < 4.78 is 39.8. The Morgan fingerprint density at radius 3 is 2.53 bits per heavy atom. The maximum absolute atomic E-state index is 12.4. The summed E-state index contributed by atoms with van der Waals surface area (Å²) in [5.74, 6) is 0.582. The minimum atomic E-state index is -2.94. The van der Waals surface area contributed by atoms with Gasteiger partial charge in [-0.1, -0.05) is 36.4 Å². The van der Waals surface area contributed by atoms with Gasteiger partial charge in [0.05, 0.1) is 26.0 Å². The molecule has 8 heteroatoms. The van der Waals surface area contributed by atoms with Crippen LogP contribution in [-0.4, -0.2) is 26.2 Å². The van der Waals surface area contributed by atoms with Crippen molar-refractivity contribution in [3.8, 4) is 11.5 Å². The lowest BCUT2D eigenvalue weighted by atomic mass is 10.0. The molecule has 158 valence electrons. The number of ether oxygens (including phenoxy) is 2. The van der Waals surface area contributed by atoms with Crippen molar-refractivity contribution < 1.29 is 27.5 Å². The highest BCUT2D eigenvalue weighted by Crippen LogP contribution is 2.29. The number of carbonyl (C=O) groups is 1. The number of amides is 1. The first-order valence-electron chi connectivity index (χ1n) is 9.27. The summed E-state index contributed by atoms with van der Waals surface area (Å²) in [5, 5.41) is 5.98. The molecule has 0 spiro atoms. The number of methoxy groups -OCH3 is 1. The molecule has 3 aromatic rings. The van der Waals surface area contributed by atoms with E-state index in [4.69, 9.17) is 9.15 Å². The molecule has 2 aromatic carbocycles. The van der Waals surface area contributed by atoms with E-state index >= 15 is 0 Å². The Labute approximate surface area is 172 Å².